The van der Waals surface area contributed by atoms with E-state index in [1.165, 1.54) is 6.92 Å². The number of H-pyrrole nitrogens is 1. The monoisotopic (exact) mass is 421 g/mol. The highest BCUT2D eigenvalue weighted by Crippen LogP contribution is 2.19. The largest absolute Gasteiger partial charge is 0.459 e. The van der Waals surface area contributed by atoms with E-state index in [1.807, 2.05) is 60.8 Å². The summed E-state index contributed by atoms with van der Waals surface area (Å²) in [5.74, 6) is -1.34. The summed E-state index contributed by atoms with van der Waals surface area (Å²) >= 11 is 0. The predicted molar refractivity (Wildman–Crippen MR) is 118 cm³/mol. The van der Waals surface area contributed by atoms with Gasteiger partial charge >= 0.3 is 5.97 Å². The molecule has 0 aliphatic heterocycles. The number of aromatic nitrogens is 1. The molecule has 3 rings (SSSR count). The van der Waals surface area contributed by atoms with Crippen LogP contribution in [0.4, 0.5) is 0 Å². The van der Waals surface area contributed by atoms with E-state index in [9.17, 15) is 14.4 Å². The SMILES string of the molecule is CC(=O)N[C@H](Cc1c[nH]c2ccccc12)C(=O)NC(C)(C)C(=O)OCc1ccccc1. The number of rotatable bonds is 8. The average Bonchev–Trinajstić information content (AvgIpc) is 3.14. The maximum Gasteiger partial charge on any atom is 0.331 e. The van der Waals surface area contributed by atoms with Crippen molar-refractivity contribution in [2.45, 2.75) is 45.4 Å². The van der Waals surface area contributed by atoms with Gasteiger partial charge in [-0.2, -0.15) is 0 Å². The first kappa shape index (κ1) is 22.1. The zero-order valence-electron chi connectivity index (χ0n) is 17.9. The number of nitrogens with one attached hydrogen (secondary N) is 3. The normalized spacial score (nSPS) is 12.2. The number of esters is 1. The van der Waals surface area contributed by atoms with Crippen LogP contribution < -0.4 is 10.6 Å². The molecule has 7 nitrogen and oxygen atoms in total. The van der Waals surface area contributed by atoms with E-state index < -0.39 is 23.5 Å². The number of amides is 2. The van der Waals surface area contributed by atoms with Crippen LogP contribution in [0, 0.1) is 0 Å². The van der Waals surface area contributed by atoms with Crippen molar-refractivity contribution in [1.29, 1.82) is 0 Å². The Bertz CT molecular complexity index is 1070. The minimum Gasteiger partial charge on any atom is -0.459 e. The summed E-state index contributed by atoms with van der Waals surface area (Å²) in [5, 5.41) is 6.38. The van der Waals surface area contributed by atoms with E-state index in [4.69, 9.17) is 4.74 Å². The molecule has 3 aromatic rings. The fourth-order valence-corrected chi connectivity index (χ4v) is 3.32. The first-order valence-electron chi connectivity index (χ1n) is 10.1. The molecule has 1 aromatic heterocycles. The minimum absolute atomic E-state index is 0.115. The molecule has 2 aromatic carbocycles. The van der Waals surface area contributed by atoms with Gasteiger partial charge in [-0.3, -0.25) is 9.59 Å². The van der Waals surface area contributed by atoms with Crippen LogP contribution in [-0.2, 0) is 32.1 Å². The highest BCUT2D eigenvalue weighted by atomic mass is 16.5. The first-order chi connectivity index (χ1) is 14.8. The van der Waals surface area contributed by atoms with E-state index in [0.29, 0.717) is 0 Å². The summed E-state index contributed by atoms with van der Waals surface area (Å²) in [5.41, 5.74) is 1.44. The van der Waals surface area contributed by atoms with E-state index in [-0.39, 0.29) is 18.9 Å². The molecule has 0 bridgehead atoms. The molecule has 31 heavy (non-hydrogen) atoms. The van der Waals surface area contributed by atoms with Crippen LogP contribution in [0.15, 0.2) is 60.8 Å². The first-order valence-corrected chi connectivity index (χ1v) is 10.1. The Hall–Kier alpha value is -3.61. The Kier molecular flexibility index (Phi) is 6.74. The number of benzene rings is 2. The zero-order chi connectivity index (χ0) is 22.4. The Balaban J connectivity index is 1.68. The quantitative estimate of drug-likeness (QED) is 0.487. The summed E-state index contributed by atoms with van der Waals surface area (Å²) in [4.78, 5) is 40.5. The molecule has 0 radical (unpaired) electrons. The third-order valence-electron chi connectivity index (χ3n) is 4.95. The van der Waals surface area contributed by atoms with Gasteiger partial charge in [-0.1, -0.05) is 48.5 Å². The summed E-state index contributed by atoms with van der Waals surface area (Å²) in [6.07, 6.45) is 2.11. The van der Waals surface area contributed by atoms with Gasteiger partial charge in [-0.05, 0) is 31.0 Å². The molecule has 0 aliphatic rings. The van der Waals surface area contributed by atoms with Gasteiger partial charge in [0.25, 0.3) is 0 Å². The van der Waals surface area contributed by atoms with Crippen LogP contribution in [0.5, 0.6) is 0 Å². The third-order valence-corrected chi connectivity index (χ3v) is 4.95. The highest BCUT2D eigenvalue weighted by molar-refractivity contribution is 5.93. The number of aromatic amines is 1. The maximum atomic E-state index is 13.0. The van der Waals surface area contributed by atoms with E-state index >= 15 is 0 Å². The summed E-state index contributed by atoms with van der Waals surface area (Å²) in [6, 6.07) is 16.2. The molecule has 2 amide bonds. The van der Waals surface area contributed by atoms with Gasteiger partial charge in [-0.25, -0.2) is 4.79 Å². The van der Waals surface area contributed by atoms with Gasteiger partial charge < -0.3 is 20.4 Å². The molecule has 0 unspecified atom stereocenters. The van der Waals surface area contributed by atoms with Crippen molar-refractivity contribution in [3.63, 3.8) is 0 Å². The van der Waals surface area contributed by atoms with E-state index in [0.717, 1.165) is 22.0 Å². The van der Waals surface area contributed by atoms with Crippen LogP contribution in [0.1, 0.15) is 31.9 Å². The van der Waals surface area contributed by atoms with Gasteiger partial charge in [0.1, 0.15) is 18.2 Å². The van der Waals surface area contributed by atoms with Crippen LogP contribution in [0.3, 0.4) is 0 Å². The molecule has 0 saturated carbocycles. The Morgan fingerprint density at radius 1 is 1.03 bits per heavy atom. The third kappa shape index (κ3) is 5.72. The van der Waals surface area contributed by atoms with Crippen molar-refractivity contribution in [2.75, 3.05) is 0 Å². The zero-order valence-corrected chi connectivity index (χ0v) is 17.9. The fourth-order valence-electron chi connectivity index (χ4n) is 3.32. The van der Waals surface area contributed by atoms with E-state index in [1.54, 1.807) is 13.8 Å². The van der Waals surface area contributed by atoms with Crippen molar-refractivity contribution in [2.24, 2.45) is 0 Å². The van der Waals surface area contributed by atoms with Crippen molar-refractivity contribution in [1.82, 2.24) is 15.6 Å². The van der Waals surface area contributed by atoms with Gasteiger partial charge in [0.15, 0.2) is 0 Å². The topological polar surface area (TPSA) is 100 Å². The van der Waals surface area contributed by atoms with Crippen LogP contribution >= 0.6 is 0 Å². The molecule has 7 heteroatoms. The van der Waals surface area contributed by atoms with Crippen molar-refractivity contribution < 1.29 is 19.1 Å². The maximum absolute atomic E-state index is 13.0. The molecule has 162 valence electrons. The van der Waals surface area contributed by atoms with Crippen molar-refractivity contribution in [3.8, 4) is 0 Å². The smallest absolute Gasteiger partial charge is 0.331 e. The van der Waals surface area contributed by atoms with Crippen LogP contribution in [0.2, 0.25) is 0 Å². The number of para-hydroxylation sites is 1. The highest BCUT2D eigenvalue weighted by Gasteiger charge is 2.34. The lowest BCUT2D eigenvalue weighted by molar-refractivity contribution is -0.153. The molecular weight excluding hydrogens is 394 g/mol. The number of hydrogen-bond donors (Lipinski definition) is 3. The molecule has 0 spiro atoms. The lowest BCUT2D eigenvalue weighted by Crippen LogP contribution is -2.57. The van der Waals surface area contributed by atoms with Crippen molar-refractivity contribution >= 4 is 28.7 Å². The Morgan fingerprint density at radius 2 is 1.71 bits per heavy atom. The standard InChI is InChI=1S/C24H27N3O4/c1-16(28)26-21(13-18-14-25-20-12-8-7-11-19(18)20)22(29)27-24(2,3)23(30)31-15-17-9-5-4-6-10-17/h4-12,14,21,25H,13,15H2,1-3H3,(H,26,28)(H,27,29)/t21-/m1/s1. The molecule has 0 aliphatic carbocycles. The second-order valence-electron chi connectivity index (χ2n) is 7.99. The van der Waals surface area contributed by atoms with Gasteiger partial charge in [-0.15, -0.1) is 0 Å². The minimum atomic E-state index is -1.26. The number of carbonyl (C=O) groups is 3. The summed E-state index contributed by atoms with van der Waals surface area (Å²) in [7, 11) is 0. The fraction of sp³-hybridized carbons (Fsp3) is 0.292. The second kappa shape index (κ2) is 9.47. The second-order valence-corrected chi connectivity index (χ2v) is 7.99. The van der Waals surface area contributed by atoms with Gasteiger partial charge in [0.2, 0.25) is 11.8 Å². The average molecular weight is 421 g/mol. The number of hydrogen-bond acceptors (Lipinski definition) is 4. The van der Waals surface area contributed by atoms with E-state index in [2.05, 4.69) is 15.6 Å². The number of carbonyl (C=O) groups excluding carboxylic acids is 3. The molecular formula is C24H27N3O4. The Labute approximate surface area is 181 Å². The van der Waals surface area contributed by atoms with Crippen LogP contribution in [-0.4, -0.2) is 34.3 Å². The van der Waals surface area contributed by atoms with Crippen molar-refractivity contribution in [3.05, 3.63) is 71.9 Å². The number of fused-ring (bicyclic) bond motifs is 1. The molecule has 1 atom stereocenters. The summed E-state index contributed by atoms with van der Waals surface area (Å²) in [6.45, 7) is 4.63. The molecule has 1 heterocycles. The molecule has 0 fully saturated rings. The summed E-state index contributed by atoms with van der Waals surface area (Å²) < 4.78 is 5.37. The number of ether oxygens (including phenoxy) is 1. The van der Waals surface area contributed by atoms with Crippen LogP contribution in [0.25, 0.3) is 10.9 Å². The molecule has 3 N–H and O–H groups in total. The molecule has 0 saturated heterocycles. The predicted octanol–water partition coefficient (Wildman–Crippen LogP) is 2.85. The van der Waals surface area contributed by atoms with Gasteiger partial charge in [0.05, 0.1) is 0 Å². The van der Waals surface area contributed by atoms with Gasteiger partial charge in [0, 0.05) is 30.4 Å². The lowest BCUT2D eigenvalue weighted by atomic mass is 10.0. The Morgan fingerprint density at radius 3 is 2.42 bits per heavy atom. The lowest BCUT2D eigenvalue weighted by Gasteiger charge is -2.27.